The number of amides is 1. The van der Waals surface area contributed by atoms with Crippen LogP contribution in [-0.4, -0.2) is 44.9 Å². The molecule has 1 aromatic carbocycles. The van der Waals surface area contributed by atoms with Crippen LogP contribution in [0.1, 0.15) is 35.0 Å². The highest BCUT2D eigenvalue weighted by Gasteiger charge is 2.29. The lowest BCUT2D eigenvalue weighted by atomic mass is 10.2. The normalized spacial score (nSPS) is 15.7. The molecule has 1 aromatic heterocycles. The fourth-order valence-corrected chi connectivity index (χ4v) is 4.52. The van der Waals surface area contributed by atoms with E-state index in [1.807, 2.05) is 17.5 Å². The molecule has 2 aromatic rings. The molecule has 27 heavy (non-hydrogen) atoms. The average molecular weight is 408 g/mol. The molecule has 0 aliphatic heterocycles. The summed E-state index contributed by atoms with van der Waals surface area (Å²) in [5.41, 5.74) is 0.452. The fourth-order valence-electron chi connectivity index (χ4n) is 2.78. The summed E-state index contributed by atoms with van der Waals surface area (Å²) >= 11 is 1.50. The lowest BCUT2D eigenvalue weighted by molar-refractivity contribution is 0.0939. The zero-order chi connectivity index (χ0) is 19.4. The highest BCUT2D eigenvalue weighted by atomic mass is 32.2. The van der Waals surface area contributed by atoms with Crippen LogP contribution in [0.5, 0.6) is 0 Å². The van der Waals surface area contributed by atoms with Gasteiger partial charge in [0.05, 0.1) is 4.90 Å². The summed E-state index contributed by atoms with van der Waals surface area (Å²) in [5, 5.41) is 4.82. The van der Waals surface area contributed by atoms with Crippen LogP contribution in [0.3, 0.4) is 0 Å². The molecule has 1 atom stereocenters. The molecule has 1 aliphatic carbocycles. The van der Waals surface area contributed by atoms with E-state index in [9.17, 15) is 13.2 Å². The molecule has 8 heteroatoms. The van der Waals surface area contributed by atoms with Crippen molar-refractivity contribution < 1.29 is 13.2 Å². The van der Waals surface area contributed by atoms with Gasteiger partial charge in [-0.3, -0.25) is 9.69 Å². The van der Waals surface area contributed by atoms with Crippen LogP contribution in [0.4, 0.5) is 0 Å². The third-order valence-corrected chi connectivity index (χ3v) is 7.11. The number of hydrogen-bond donors (Lipinski definition) is 2. The molecule has 1 unspecified atom stereocenters. The maximum absolute atomic E-state index is 12.4. The SMILES string of the molecule is CC(CNC(=O)c1ccc(S(=O)(=O)NCc2cccs2)cc1)N(C)C1CC1. The number of thiophene rings is 1. The molecule has 3 rings (SSSR count). The van der Waals surface area contributed by atoms with Crippen molar-refractivity contribution in [2.24, 2.45) is 0 Å². The van der Waals surface area contributed by atoms with Gasteiger partial charge in [0.2, 0.25) is 10.0 Å². The number of benzene rings is 1. The second-order valence-electron chi connectivity index (χ2n) is 6.88. The van der Waals surface area contributed by atoms with Gasteiger partial charge in [0.1, 0.15) is 0 Å². The number of carbonyl (C=O) groups is 1. The minimum absolute atomic E-state index is 0.150. The lowest BCUT2D eigenvalue weighted by Crippen LogP contribution is -2.41. The van der Waals surface area contributed by atoms with Gasteiger partial charge in [-0.15, -0.1) is 11.3 Å². The molecule has 2 N–H and O–H groups in total. The van der Waals surface area contributed by atoms with Gasteiger partial charge in [0, 0.05) is 35.6 Å². The molecule has 0 spiro atoms. The van der Waals surface area contributed by atoms with E-state index in [1.165, 1.54) is 36.3 Å². The molecule has 6 nitrogen and oxygen atoms in total. The highest BCUT2D eigenvalue weighted by molar-refractivity contribution is 7.89. The third-order valence-electron chi connectivity index (χ3n) is 4.82. The van der Waals surface area contributed by atoms with Crippen molar-refractivity contribution >= 4 is 27.3 Å². The molecular weight excluding hydrogens is 382 g/mol. The molecule has 1 amide bonds. The van der Waals surface area contributed by atoms with E-state index < -0.39 is 10.0 Å². The lowest BCUT2D eigenvalue weighted by Gasteiger charge is -2.24. The van der Waals surface area contributed by atoms with E-state index in [0.717, 1.165) is 4.88 Å². The van der Waals surface area contributed by atoms with Gasteiger partial charge in [-0.2, -0.15) is 0 Å². The van der Waals surface area contributed by atoms with Crippen molar-refractivity contribution in [3.63, 3.8) is 0 Å². The molecule has 0 bridgehead atoms. The average Bonchev–Trinajstić information content (AvgIpc) is 3.39. The number of carbonyl (C=O) groups excluding carboxylic acids is 1. The van der Waals surface area contributed by atoms with E-state index in [-0.39, 0.29) is 23.4 Å². The summed E-state index contributed by atoms with van der Waals surface area (Å²) in [7, 11) is -1.52. The topological polar surface area (TPSA) is 78.5 Å². The smallest absolute Gasteiger partial charge is 0.251 e. The van der Waals surface area contributed by atoms with Crippen LogP contribution in [0.15, 0.2) is 46.7 Å². The monoisotopic (exact) mass is 407 g/mol. The Hall–Kier alpha value is -1.74. The Kier molecular flexibility index (Phi) is 6.31. The second-order valence-corrected chi connectivity index (χ2v) is 9.68. The molecule has 1 saturated carbocycles. The van der Waals surface area contributed by atoms with Crippen LogP contribution >= 0.6 is 11.3 Å². The first-order valence-electron chi connectivity index (χ1n) is 8.99. The van der Waals surface area contributed by atoms with Crippen LogP contribution < -0.4 is 10.0 Å². The number of sulfonamides is 1. The molecule has 1 heterocycles. The Balaban J connectivity index is 1.54. The molecule has 1 aliphatic rings. The van der Waals surface area contributed by atoms with Gasteiger partial charge in [-0.1, -0.05) is 6.07 Å². The van der Waals surface area contributed by atoms with Crippen molar-refractivity contribution in [1.29, 1.82) is 0 Å². The van der Waals surface area contributed by atoms with E-state index in [4.69, 9.17) is 0 Å². The highest BCUT2D eigenvalue weighted by Crippen LogP contribution is 2.26. The maximum Gasteiger partial charge on any atom is 0.251 e. The van der Waals surface area contributed by atoms with E-state index in [2.05, 4.69) is 28.9 Å². The number of nitrogens with zero attached hydrogens (tertiary/aromatic N) is 1. The molecular formula is C19H25N3O3S2. The Labute approximate surface area is 164 Å². The van der Waals surface area contributed by atoms with Gasteiger partial charge < -0.3 is 5.32 Å². The van der Waals surface area contributed by atoms with Crippen molar-refractivity contribution in [1.82, 2.24) is 14.9 Å². The standard InChI is InChI=1S/C19H25N3O3S2/c1-14(22(2)16-7-8-16)12-20-19(23)15-5-9-18(10-6-15)27(24,25)21-13-17-4-3-11-26-17/h3-6,9-11,14,16,21H,7-8,12-13H2,1-2H3,(H,20,23). The molecule has 0 radical (unpaired) electrons. The van der Waals surface area contributed by atoms with Crippen molar-refractivity contribution in [3.8, 4) is 0 Å². The van der Waals surface area contributed by atoms with Gasteiger partial charge in [-0.25, -0.2) is 13.1 Å². The number of likely N-dealkylation sites (N-methyl/N-ethyl adjacent to an activating group) is 1. The summed E-state index contributed by atoms with van der Waals surface area (Å²) in [6, 6.07) is 10.7. The Morgan fingerprint density at radius 1 is 1.26 bits per heavy atom. The number of nitrogens with one attached hydrogen (secondary N) is 2. The summed E-state index contributed by atoms with van der Waals surface area (Å²) in [4.78, 5) is 15.7. The predicted molar refractivity (Wildman–Crippen MR) is 107 cm³/mol. The van der Waals surface area contributed by atoms with Crippen molar-refractivity contribution in [3.05, 3.63) is 52.2 Å². The van der Waals surface area contributed by atoms with Crippen molar-refractivity contribution in [2.45, 2.75) is 43.3 Å². The van der Waals surface area contributed by atoms with E-state index in [0.29, 0.717) is 18.2 Å². The third kappa shape index (κ3) is 5.38. The van der Waals surface area contributed by atoms with Gasteiger partial charge in [-0.05, 0) is 62.5 Å². The van der Waals surface area contributed by atoms with Crippen LogP contribution in [0.25, 0.3) is 0 Å². The molecule has 146 valence electrons. The first kappa shape index (κ1) is 20.0. The summed E-state index contributed by atoms with van der Waals surface area (Å²) in [6.07, 6.45) is 2.45. The zero-order valence-electron chi connectivity index (χ0n) is 15.5. The van der Waals surface area contributed by atoms with Crippen LogP contribution in [0.2, 0.25) is 0 Å². The van der Waals surface area contributed by atoms with Crippen LogP contribution in [-0.2, 0) is 16.6 Å². The van der Waals surface area contributed by atoms with E-state index in [1.54, 1.807) is 12.1 Å². The van der Waals surface area contributed by atoms with E-state index >= 15 is 0 Å². The van der Waals surface area contributed by atoms with Crippen LogP contribution in [0, 0.1) is 0 Å². The summed E-state index contributed by atoms with van der Waals surface area (Å²) in [6.45, 7) is 2.91. The summed E-state index contributed by atoms with van der Waals surface area (Å²) in [5.74, 6) is -0.193. The van der Waals surface area contributed by atoms with Crippen molar-refractivity contribution in [2.75, 3.05) is 13.6 Å². The summed E-state index contributed by atoms with van der Waals surface area (Å²) < 4.78 is 27.3. The zero-order valence-corrected chi connectivity index (χ0v) is 17.1. The van der Waals surface area contributed by atoms with Gasteiger partial charge >= 0.3 is 0 Å². The number of rotatable bonds is 9. The fraction of sp³-hybridized carbons (Fsp3) is 0.421. The van der Waals surface area contributed by atoms with Gasteiger partial charge in [0.25, 0.3) is 5.91 Å². The minimum Gasteiger partial charge on any atom is -0.350 e. The Morgan fingerprint density at radius 3 is 2.56 bits per heavy atom. The van der Waals surface area contributed by atoms with Gasteiger partial charge in [0.15, 0.2) is 0 Å². The first-order chi connectivity index (χ1) is 12.9. The Morgan fingerprint density at radius 2 is 1.96 bits per heavy atom. The molecule has 0 saturated heterocycles. The Bertz CT molecular complexity index is 860. The predicted octanol–water partition coefficient (Wildman–Crippen LogP) is 2.44. The quantitative estimate of drug-likeness (QED) is 0.669. The first-order valence-corrected chi connectivity index (χ1v) is 11.4. The largest absolute Gasteiger partial charge is 0.350 e. The maximum atomic E-state index is 12.4. The number of hydrogen-bond acceptors (Lipinski definition) is 5. The second kappa shape index (κ2) is 8.52. The molecule has 1 fully saturated rings. The minimum atomic E-state index is -3.60.